The minimum atomic E-state index is 0.988. The van der Waals surface area contributed by atoms with Crippen LogP contribution in [0.1, 0.15) is 44.6 Å². The van der Waals surface area contributed by atoms with Crippen LogP contribution in [0.2, 0.25) is 0 Å². The van der Waals surface area contributed by atoms with Gasteiger partial charge in [-0.2, -0.15) is 0 Å². The van der Waals surface area contributed by atoms with Crippen molar-refractivity contribution in [3.8, 4) is 11.3 Å². The summed E-state index contributed by atoms with van der Waals surface area (Å²) in [5.41, 5.74) is 4.88. The van der Waals surface area contributed by atoms with Crippen LogP contribution in [0.15, 0.2) is 60.7 Å². The van der Waals surface area contributed by atoms with Crippen LogP contribution in [-0.2, 0) is 13.0 Å². The Morgan fingerprint density at radius 2 is 1.92 bits per heavy atom. The third-order valence-electron chi connectivity index (χ3n) is 4.43. The van der Waals surface area contributed by atoms with Gasteiger partial charge in [-0.3, -0.25) is 0 Å². The van der Waals surface area contributed by atoms with Gasteiger partial charge in [-0.15, -0.1) is 0 Å². The van der Waals surface area contributed by atoms with Crippen LogP contribution in [0.3, 0.4) is 0 Å². The molecule has 1 aliphatic carbocycles. The second kappa shape index (κ2) is 7.96. The number of hydrogen-bond acceptors (Lipinski definition) is 1. The molecule has 0 aliphatic heterocycles. The predicted octanol–water partition coefficient (Wildman–Crippen LogP) is 5.81. The Morgan fingerprint density at radius 3 is 2.67 bits per heavy atom. The zero-order chi connectivity index (χ0) is 16.8. The number of hydrogen-bond donors (Lipinski definition) is 0. The van der Waals surface area contributed by atoms with E-state index in [0.717, 1.165) is 30.9 Å². The van der Waals surface area contributed by atoms with Gasteiger partial charge in [-0.1, -0.05) is 81.0 Å². The number of rotatable bonds is 6. The lowest BCUT2D eigenvalue weighted by molar-refractivity contribution is 0.605. The van der Waals surface area contributed by atoms with E-state index < -0.39 is 0 Å². The quantitative estimate of drug-likeness (QED) is 0.657. The van der Waals surface area contributed by atoms with E-state index in [0.29, 0.717) is 0 Å². The largest absolute Gasteiger partial charge is 0.327 e. The minimum absolute atomic E-state index is 0.988. The molecule has 0 radical (unpaired) electrons. The number of benzene rings is 1. The number of allylic oxidation sites excluding steroid dienone is 6. The van der Waals surface area contributed by atoms with Crippen molar-refractivity contribution in [3.63, 3.8) is 0 Å². The SMILES string of the molecule is CCCCn1c(C2=CC=CCC=C2)nc(-c2ccccc2)c1CC. The molecule has 124 valence electrons. The first-order chi connectivity index (χ1) is 11.8. The lowest BCUT2D eigenvalue weighted by Gasteiger charge is -2.11. The molecule has 0 bridgehead atoms. The zero-order valence-corrected chi connectivity index (χ0v) is 14.7. The second-order valence-electron chi connectivity index (χ2n) is 6.14. The van der Waals surface area contributed by atoms with Crippen molar-refractivity contribution in [2.24, 2.45) is 0 Å². The van der Waals surface area contributed by atoms with E-state index >= 15 is 0 Å². The van der Waals surface area contributed by atoms with Gasteiger partial charge in [0, 0.05) is 23.4 Å². The Balaban J connectivity index is 2.14. The van der Waals surface area contributed by atoms with E-state index in [9.17, 15) is 0 Å². The van der Waals surface area contributed by atoms with Gasteiger partial charge in [0.25, 0.3) is 0 Å². The first-order valence-corrected chi connectivity index (χ1v) is 9.03. The highest BCUT2D eigenvalue weighted by atomic mass is 15.1. The molecule has 2 heteroatoms. The highest BCUT2D eigenvalue weighted by Crippen LogP contribution is 2.29. The van der Waals surface area contributed by atoms with Crippen LogP contribution >= 0.6 is 0 Å². The van der Waals surface area contributed by atoms with Crippen molar-refractivity contribution in [1.82, 2.24) is 9.55 Å². The summed E-state index contributed by atoms with van der Waals surface area (Å²) in [4.78, 5) is 5.08. The summed E-state index contributed by atoms with van der Waals surface area (Å²) in [6.45, 7) is 5.50. The van der Waals surface area contributed by atoms with Gasteiger partial charge in [-0.05, 0) is 19.3 Å². The maximum atomic E-state index is 5.08. The van der Waals surface area contributed by atoms with Crippen molar-refractivity contribution in [2.75, 3.05) is 0 Å². The van der Waals surface area contributed by atoms with Crippen molar-refractivity contribution in [2.45, 2.75) is 46.1 Å². The van der Waals surface area contributed by atoms with Crippen molar-refractivity contribution >= 4 is 5.57 Å². The summed E-state index contributed by atoms with van der Waals surface area (Å²) in [5, 5.41) is 0. The summed E-state index contributed by atoms with van der Waals surface area (Å²) < 4.78 is 2.43. The van der Waals surface area contributed by atoms with E-state index in [4.69, 9.17) is 4.98 Å². The van der Waals surface area contributed by atoms with Crippen molar-refractivity contribution < 1.29 is 0 Å². The Labute approximate surface area is 145 Å². The summed E-state index contributed by atoms with van der Waals surface area (Å²) >= 11 is 0. The van der Waals surface area contributed by atoms with Crippen molar-refractivity contribution in [1.29, 1.82) is 0 Å². The lowest BCUT2D eigenvalue weighted by Crippen LogP contribution is -2.06. The predicted molar refractivity (Wildman–Crippen MR) is 103 cm³/mol. The maximum absolute atomic E-state index is 5.08. The monoisotopic (exact) mass is 318 g/mol. The molecule has 24 heavy (non-hydrogen) atoms. The van der Waals surface area contributed by atoms with Gasteiger partial charge in [0.15, 0.2) is 0 Å². The molecule has 3 rings (SSSR count). The molecule has 0 fully saturated rings. The van der Waals surface area contributed by atoms with Crippen LogP contribution in [0.4, 0.5) is 0 Å². The molecule has 0 saturated heterocycles. The number of unbranched alkanes of at least 4 members (excludes halogenated alkanes) is 1. The second-order valence-corrected chi connectivity index (χ2v) is 6.14. The Hall–Kier alpha value is -2.35. The molecule has 0 spiro atoms. The number of aromatic nitrogens is 2. The van der Waals surface area contributed by atoms with E-state index in [2.05, 4.69) is 79.1 Å². The third kappa shape index (κ3) is 3.43. The minimum Gasteiger partial charge on any atom is -0.327 e. The van der Waals surface area contributed by atoms with E-state index in [1.165, 1.54) is 29.7 Å². The van der Waals surface area contributed by atoms with Gasteiger partial charge in [-0.25, -0.2) is 4.98 Å². The van der Waals surface area contributed by atoms with Gasteiger partial charge >= 0.3 is 0 Å². The van der Waals surface area contributed by atoms with Gasteiger partial charge in [0.1, 0.15) is 5.82 Å². The molecule has 0 unspecified atom stereocenters. The molecule has 0 amide bonds. The molecule has 0 saturated carbocycles. The fourth-order valence-electron chi connectivity index (χ4n) is 3.18. The van der Waals surface area contributed by atoms with Crippen LogP contribution in [0, 0.1) is 0 Å². The fourth-order valence-corrected chi connectivity index (χ4v) is 3.18. The Kier molecular flexibility index (Phi) is 5.47. The average Bonchev–Trinajstić information content (AvgIpc) is 2.79. The first-order valence-electron chi connectivity index (χ1n) is 9.03. The smallest absolute Gasteiger partial charge is 0.140 e. The van der Waals surface area contributed by atoms with Crippen molar-refractivity contribution in [3.05, 3.63) is 72.2 Å². The molecular weight excluding hydrogens is 292 g/mol. The van der Waals surface area contributed by atoms with Crippen LogP contribution < -0.4 is 0 Å². The summed E-state index contributed by atoms with van der Waals surface area (Å²) in [6.07, 6.45) is 15.3. The molecule has 2 nitrogen and oxygen atoms in total. The summed E-state index contributed by atoms with van der Waals surface area (Å²) in [7, 11) is 0. The normalized spacial score (nSPS) is 13.8. The number of imidazole rings is 1. The Bertz CT molecular complexity index is 761. The Morgan fingerprint density at radius 1 is 1.08 bits per heavy atom. The van der Waals surface area contributed by atoms with E-state index in [1.807, 2.05) is 0 Å². The molecule has 1 aromatic heterocycles. The standard InChI is InChI=1S/C22H26N2/c1-3-5-17-24-20(4-2)21(18-13-11-8-12-14-18)23-22(24)19-15-9-6-7-10-16-19/h6,8-16H,3-5,7,17H2,1-2H3. The van der Waals surface area contributed by atoms with E-state index in [1.54, 1.807) is 0 Å². The average molecular weight is 318 g/mol. The molecule has 0 N–H and O–H groups in total. The van der Waals surface area contributed by atoms with E-state index in [-0.39, 0.29) is 0 Å². The molecule has 2 aromatic rings. The molecular formula is C22H26N2. The van der Waals surface area contributed by atoms with Gasteiger partial charge < -0.3 is 4.57 Å². The highest BCUT2D eigenvalue weighted by molar-refractivity contribution is 5.75. The van der Waals surface area contributed by atoms with Crippen LogP contribution in [0.25, 0.3) is 16.8 Å². The maximum Gasteiger partial charge on any atom is 0.140 e. The molecule has 1 aliphatic rings. The fraction of sp³-hybridized carbons (Fsp3) is 0.318. The molecule has 1 heterocycles. The topological polar surface area (TPSA) is 17.8 Å². The zero-order valence-electron chi connectivity index (χ0n) is 14.7. The number of nitrogens with zero attached hydrogens (tertiary/aromatic N) is 2. The summed E-state index contributed by atoms with van der Waals surface area (Å²) in [5.74, 6) is 1.10. The third-order valence-corrected chi connectivity index (χ3v) is 4.43. The van der Waals surface area contributed by atoms with Crippen LogP contribution in [-0.4, -0.2) is 9.55 Å². The first kappa shape index (κ1) is 16.5. The lowest BCUT2D eigenvalue weighted by atomic mass is 10.1. The van der Waals surface area contributed by atoms with Crippen LogP contribution in [0.5, 0.6) is 0 Å². The summed E-state index contributed by atoms with van der Waals surface area (Å²) in [6, 6.07) is 10.6. The van der Waals surface area contributed by atoms with Gasteiger partial charge in [0.05, 0.1) is 5.69 Å². The molecule has 1 aromatic carbocycles. The molecule has 0 atom stereocenters. The highest BCUT2D eigenvalue weighted by Gasteiger charge is 2.18. The van der Waals surface area contributed by atoms with Gasteiger partial charge in [0.2, 0.25) is 0 Å².